The maximum Gasteiger partial charge on any atom is 0.292 e. The van der Waals surface area contributed by atoms with E-state index < -0.39 is 16.9 Å². The SMILES string of the molecule is CCc1ccc(C(CO)NC(=O)c2cccc([N+](=O)[O-])c2N)cc1. The quantitative estimate of drug-likeness (QED) is 0.426. The molecule has 4 N–H and O–H groups in total. The predicted octanol–water partition coefficient (Wildman–Crippen LogP) is 2.20. The summed E-state index contributed by atoms with van der Waals surface area (Å²) in [6.45, 7) is 1.73. The van der Waals surface area contributed by atoms with E-state index in [1.807, 2.05) is 31.2 Å². The lowest BCUT2D eigenvalue weighted by Gasteiger charge is -2.17. The molecule has 24 heavy (non-hydrogen) atoms. The van der Waals surface area contributed by atoms with Crippen molar-refractivity contribution in [2.24, 2.45) is 0 Å². The highest BCUT2D eigenvalue weighted by molar-refractivity contribution is 6.01. The second kappa shape index (κ2) is 7.56. The molecular formula is C17H19N3O4. The fourth-order valence-corrected chi connectivity index (χ4v) is 2.37. The Bertz CT molecular complexity index is 744. The summed E-state index contributed by atoms with van der Waals surface area (Å²) in [5.74, 6) is -0.574. The van der Waals surface area contributed by atoms with Crippen molar-refractivity contribution in [3.8, 4) is 0 Å². The van der Waals surface area contributed by atoms with Gasteiger partial charge in [0.2, 0.25) is 0 Å². The van der Waals surface area contributed by atoms with Crippen LogP contribution in [0.1, 0.15) is 34.5 Å². The van der Waals surface area contributed by atoms with E-state index >= 15 is 0 Å². The number of aryl methyl sites for hydroxylation is 1. The zero-order valence-electron chi connectivity index (χ0n) is 13.2. The number of nitrogens with zero attached hydrogens (tertiary/aromatic N) is 1. The number of carbonyl (C=O) groups excluding carboxylic acids is 1. The summed E-state index contributed by atoms with van der Waals surface area (Å²) >= 11 is 0. The summed E-state index contributed by atoms with van der Waals surface area (Å²) in [5.41, 5.74) is 7.09. The minimum absolute atomic E-state index is 0.00725. The molecule has 126 valence electrons. The number of amides is 1. The Balaban J connectivity index is 2.23. The van der Waals surface area contributed by atoms with E-state index in [-0.39, 0.29) is 23.5 Å². The number of anilines is 1. The Morgan fingerprint density at radius 2 is 1.96 bits per heavy atom. The molecule has 0 spiro atoms. The van der Waals surface area contributed by atoms with Gasteiger partial charge in [0.15, 0.2) is 0 Å². The molecule has 7 heteroatoms. The van der Waals surface area contributed by atoms with Crippen molar-refractivity contribution in [1.82, 2.24) is 5.32 Å². The number of nitrogen functional groups attached to an aromatic ring is 1. The van der Waals surface area contributed by atoms with Crippen LogP contribution in [0.2, 0.25) is 0 Å². The second-order valence-corrected chi connectivity index (χ2v) is 5.30. The van der Waals surface area contributed by atoms with Crippen LogP contribution in [0.5, 0.6) is 0 Å². The molecule has 0 heterocycles. The maximum atomic E-state index is 12.4. The van der Waals surface area contributed by atoms with Crippen LogP contribution in [-0.4, -0.2) is 22.5 Å². The Labute approximate surface area is 139 Å². The average molecular weight is 329 g/mol. The standard InChI is InChI=1S/C17H19N3O4/c1-2-11-6-8-12(9-7-11)14(10-21)19-17(22)13-4-3-5-15(16(13)18)20(23)24/h3-9,14,21H,2,10,18H2,1H3,(H,19,22). The molecule has 0 radical (unpaired) electrons. The number of nitro benzene ring substituents is 1. The molecular weight excluding hydrogens is 310 g/mol. The minimum Gasteiger partial charge on any atom is -0.394 e. The largest absolute Gasteiger partial charge is 0.394 e. The molecule has 1 atom stereocenters. The number of aliphatic hydroxyl groups excluding tert-OH is 1. The first-order valence-corrected chi connectivity index (χ1v) is 7.51. The zero-order valence-corrected chi connectivity index (χ0v) is 13.2. The van der Waals surface area contributed by atoms with Gasteiger partial charge in [0.05, 0.1) is 23.1 Å². The normalized spacial score (nSPS) is 11.8. The van der Waals surface area contributed by atoms with Crippen molar-refractivity contribution in [2.75, 3.05) is 12.3 Å². The van der Waals surface area contributed by atoms with Gasteiger partial charge in [-0.25, -0.2) is 0 Å². The number of carbonyl (C=O) groups is 1. The van der Waals surface area contributed by atoms with E-state index in [9.17, 15) is 20.0 Å². The third-order valence-electron chi connectivity index (χ3n) is 3.80. The number of benzene rings is 2. The molecule has 0 saturated carbocycles. The van der Waals surface area contributed by atoms with Gasteiger partial charge >= 0.3 is 0 Å². The van der Waals surface area contributed by atoms with Crippen LogP contribution in [0, 0.1) is 10.1 Å². The highest BCUT2D eigenvalue weighted by Crippen LogP contribution is 2.25. The van der Waals surface area contributed by atoms with Crippen LogP contribution in [0.4, 0.5) is 11.4 Å². The molecule has 0 bridgehead atoms. The summed E-state index contributed by atoms with van der Waals surface area (Å²) < 4.78 is 0. The van der Waals surface area contributed by atoms with E-state index in [4.69, 9.17) is 5.73 Å². The molecule has 2 aromatic rings. The number of hydrogen-bond acceptors (Lipinski definition) is 5. The summed E-state index contributed by atoms with van der Waals surface area (Å²) in [6.07, 6.45) is 0.890. The van der Waals surface area contributed by atoms with E-state index in [0.717, 1.165) is 17.5 Å². The highest BCUT2D eigenvalue weighted by Gasteiger charge is 2.21. The van der Waals surface area contributed by atoms with Gasteiger partial charge in [0.25, 0.3) is 11.6 Å². The number of nitrogens with one attached hydrogen (secondary N) is 1. The lowest BCUT2D eigenvalue weighted by atomic mass is 10.0. The lowest BCUT2D eigenvalue weighted by Crippen LogP contribution is -2.31. The Morgan fingerprint density at radius 3 is 2.50 bits per heavy atom. The zero-order chi connectivity index (χ0) is 17.7. The van der Waals surface area contributed by atoms with Crippen LogP contribution < -0.4 is 11.1 Å². The molecule has 0 aliphatic heterocycles. The highest BCUT2D eigenvalue weighted by atomic mass is 16.6. The number of rotatable bonds is 6. The maximum absolute atomic E-state index is 12.4. The molecule has 7 nitrogen and oxygen atoms in total. The van der Waals surface area contributed by atoms with Gasteiger partial charge in [-0.2, -0.15) is 0 Å². The number of hydrogen-bond donors (Lipinski definition) is 3. The van der Waals surface area contributed by atoms with Gasteiger partial charge in [-0.1, -0.05) is 37.3 Å². The van der Waals surface area contributed by atoms with E-state index in [1.165, 1.54) is 18.2 Å². The number of nitro groups is 1. The van der Waals surface area contributed by atoms with E-state index in [2.05, 4.69) is 5.32 Å². The summed E-state index contributed by atoms with van der Waals surface area (Å²) in [6, 6.07) is 10.9. The summed E-state index contributed by atoms with van der Waals surface area (Å²) in [4.78, 5) is 22.7. The van der Waals surface area contributed by atoms with Crippen molar-refractivity contribution in [3.05, 3.63) is 69.3 Å². The fraction of sp³-hybridized carbons (Fsp3) is 0.235. The Morgan fingerprint density at radius 1 is 1.29 bits per heavy atom. The number of nitrogens with two attached hydrogens (primary N) is 1. The first-order chi connectivity index (χ1) is 11.5. The average Bonchev–Trinajstić information content (AvgIpc) is 2.59. The number of aliphatic hydroxyl groups is 1. The van der Waals surface area contributed by atoms with E-state index in [0.29, 0.717) is 0 Å². The minimum atomic E-state index is -0.640. The molecule has 0 aromatic heterocycles. The smallest absolute Gasteiger partial charge is 0.292 e. The topological polar surface area (TPSA) is 118 Å². The molecule has 0 aliphatic rings. The van der Waals surface area contributed by atoms with Crippen LogP contribution >= 0.6 is 0 Å². The summed E-state index contributed by atoms with van der Waals surface area (Å²) in [7, 11) is 0. The Hall–Kier alpha value is -2.93. The fourth-order valence-electron chi connectivity index (χ4n) is 2.37. The lowest BCUT2D eigenvalue weighted by molar-refractivity contribution is -0.383. The predicted molar refractivity (Wildman–Crippen MR) is 90.6 cm³/mol. The van der Waals surface area contributed by atoms with Crippen LogP contribution in [0.25, 0.3) is 0 Å². The first kappa shape index (κ1) is 17.4. The Kier molecular flexibility index (Phi) is 5.49. The van der Waals surface area contributed by atoms with Crippen molar-refractivity contribution < 1.29 is 14.8 Å². The van der Waals surface area contributed by atoms with Gasteiger partial charge < -0.3 is 16.2 Å². The molecule has 0 aliphatic carbocycles. The molecule has 1 unspecified atom stereocenters. The van der Waals surface area contributed by atoms with Gasteiger partial charge in [0, 0.05) is 6.07 Å². The van der Waals surface area contributed by atoms with E-state index in [1.54, 1.807) is 0 Å². The third kappa shape index (κ3) is 3.69. The molecule has 2 rings (SSSR count). The van der Waals surface area contributed by atoms with Gasteiger partial charge in [-0.05, 0) is 23.6 Å². The van der Waals surface area contributed by atoms with Crippen molar-refractivity contribution >= 4 is 17.3 Å². The van der Waals surface area contributed by atoms with Crippen molar-refractivity contribution in [1.29, 1.82) is 0 Å². The third-order valence-corrected chi connectivity index (χ3v) is 3.80. The first-order valence-electron chi connectivity index (χ1n) is 7.51. The van der Waals surface area contributed by atoms with Crippen LogP contribution in [0.15, 0.2) is 42.5 Å². The second-order valence-electron chi connectivity index (χ2n) is 5.30. The molecule has 0 fully saturated rings. The van der Waals surface area contributed by atoms with Gasteiger partial charge in [-0.15, -0.1) is 0 Å². The monoisotopic (exact) mass is 329 g/mol. The van der Waals surface area contributed by atoms with Crippen LogP contribution in [0.3, 0.4) is 0 Å². The van der Waals surface area contributed by atoms with Gasteiger partial charge in [-0.3, -0.25) is 14.9 Å². The van der Waals surface area contributed by atoms with Crippen LogP contribution in [-0.2, 0) is 6.42 Å². The molecule has 2 aromatic carbocycles. The molecule has 1 amide bonds. The van der Waals surface area contributed by atoms with Crippen molar-refractivity contribution in [2.45, 2.75) is 19.4 Å². The summed E-state index contributed by atoms with van der Waals surface area (Å²) in [5, 5.41) is 23.1. The molecule has 0 saturated heterocycles. The van der Waals surface area contributed by atoms with Crippen molar-refractivity contribution in [3.63, 3.8) is 0 Å². The van der Waals surface area contributed by atoms with Gasteiger partial charge in [0.1, 0.15) is 5.69 Å². The number of para-hydroxylation sites is 1.